The van der Waals surface area contributed by atoms with Gasteiger partial charge in [-0.2, -0.15) is 8.42 Å². The summed E-state index contributed by atoms with van der Waals surface area (Å²) >= 11 is 0. The fraction of sp³-hybridized carbons (Fsp3) is 0.316. The molecule has 28 heavy (non-hydrogen) atoms. The monoisotopic (exact) mass is 407 g/mol. The van der Waals surface area contributed by atoms with E-state index in [1.54, 1.807) is 30.3 Å². The molecule has 3 N–H and O–H groups in total. The highest BCUT2D eigenvalue weighted by molar-refractivity contribution is 7.86. The van der Waals surface area contributed by atoms with Gasteiger partial charge in [0, 0.05) is 0 Å². The number of hydrogen-bond donors (Lipinski definition) is 2. The third kappa shape index (κ3) is 4.57. The van der Waals surface area contributed by atoms with Crippen LogP contribution in [0.25, 0.3) is 0 Å². The molecule has 150 valence electrons. The zero-order valence-corrected chi connectivity index (χ0v) is 15.9. The normalized spacial score (nSPS) is 25.2. The SMILES string of the molecule is Cc1ccc(S(=O)(=O)O[C@@H]2[C@@H](OC(=O)c3ccccc3)[C@@H](O)OC[C@H]2N)cc1. The first-order chi connectivity index (χ1) is 13.3. The smallest absolute Gasteiger partial charge is 0.338 e. The van der Waals surface area contributed by atoms with E-state index in [1.165, 1.54) is 24.3 Å². The van der Waals surface area contributed by atoms with E-state index in [-0.39, 0.29) is 17.1 Å². The lowest BCUT2D eigenvalue weighted by Crippen LogP contribution is -2.59. The topological polar surface area (TPSA) is 125 Å². The van der Waals surface area contributed by atoms with Gasteiger partial charge in [-0.15, -0.1) is 0 Å². The number of carbonyl (C=O) groups excluding carboxylic acids is 1. The number of esters is 1. The number of rotatable bonds is 5. The lowest BCUT2D eigenvalue weighted by atomic mass is 10.0. The molecule has 8 nitrogen and oxygen atoms in total. The van der Waals surface area contributed by atoms with Gasteiger partial charge in [0.05, 0.1) is 23.1 Å². The van der Waals surface area contributed by atoms with Crippen molar-refractivity contribution in [3.05, 3.63) is 65.7 Å². The van der Waals surface area contributed by atoms with Crippen molar-refractivity contribution < 1.29 is 32.0 Å². The second-order valence-electron chi connectivity index (χ2n) is 6.45. The fourth-order valence-corrected chi connectivity index (χ4v) is 3.85. The van der Waals surface area contributed by atoms with Gasteiger partial charge in [-0.3, -0.25) is 4.18 Å². The molecule has 1 fully saturated rings. The third-order valence-corrected chi connectivity index (χ3v) is 5.61. The number of carbonyl (C=O) groups is 1. The summed E-state index contributed by atoms with van der Waals surface area (Å²) in [6.07, 6.45) is -4.31. The molecule has 2 aromatic carbocycles. The highest BCUT2D eigenvalue weighted by Gasteiger charge is 2.44. The molecule has 1 aliphatic heterocycles. The molecule has 1 heterocycles. The Morgan fingerprint density at radius 3 is 2.39 bits per heavy atom. The fourth-order valence-electron chi connectivity index (χ4n) is 2.73. The van der Waals surface area contributed by atoms with Crippen LogP contribution < -0.4 is 5.73 Å². The second kappa shape index (κ2) is 8.38. The molecular formula is C19H21NO7S. The van der Waals surface area contributed by atoms with Crippen molar-refractivity contribution in [2.24, 2.45) is 5.73 Å². The Labute approximate surface area is 163 Å². The first-order valence-electron chi connectivity index (χ1n) is 8.59. The van der Waals surface area contributed by atoms with Gasteiger partial charge < -0.3 is 20.3 Å². The van der Waals surface area contributed by atoms with Crippen molar-refractivity contribution in [2.75, 3.05) is 6.61 Å². The zero-order chi connectivity index (χ0) is 20.3. The van der Waals surface area contributed by atoms with Crippen molar-refractivity contribution in [2.45, 2.75) is 36.4 Å². The molecule has 0 spiro atoms. The van der Waals surface area contributed by atoms with Crippen LogP contribution in [0.5, 0.6) is 0 Å². The van der Waals surface area contributed by atoms with Gasteiger partial charge in [0.2, 0.25) is 0 Å². The lowest BCUT2D eigenvalue weighted by molar-refractivity contribution is -0.220. The van der Waals surface area contributed by atoms with Crippen molar-refractivity contribution in [1.29, 1.82) is 0 Å². The molecule has 0 aliphatic carbocycles. The maximum Gasteiger partial charge on any atom is 0.338 e. The van der Waals surface area contributed by atoms with Crippen LogP contribution in [0.2, 0.25) is 0 Å². The minimum Gasteiger partial charge on any atom is -0.450 e. The van der Waals surface area contributed by atoms with Gasteiger partial charge in [-0.05, 0) is 31.2 Å². The van der Waals surface area contributed by atoms with Gasteiger partial charge in [0.25, 0.3) is 10.1 Å². The zero-order valence-electron chi connectivity index (χ0n) is 15.1. The summed E-state index contributed by atoms with van der Waals surface area (Å²) in [5.41, 5.74) is 7.05. The molecule has 0 saturated carbocycles. The van der Waals surface area contributed by atoms with Crippen LogP contribution in [-0.4, -0.2) is 50.6 Å². The van der Waals surface area contributed by atoms with Gasteiger partial charge in [-0.1, -0.05) is 35.9 Å². The van der Waals surface area contributed by atoms with E-state index in [0.717, 1.165) is 5.56 Å². The Bertz CT molecular complexity index is 915. The van der Waals surface area contributed by atoms with E-state index in [2.05, 4.69) is 0 Å². The number of nitrogens with two attached hydrogens (primary N) is 1. The van der Waals surface area contributed by atoms with Crippen LogP contribution in [-0.2, 0) is 23.8 Å². The van der Waals surface area contributed by atoms with Crippen molar-refractivity contribution in [3.8, 4) is 0 Å². The number of aliphatic hydroxyl groups is 1. The Morgan fingerprint density at radius 2 is 1.75 bits per heavy atom. The summed E-state index contributed by atoms with van der Waals surface area (Å²) in [5, 5.41) is 10.1. The minimum absolute atomic E-state index is 0.0700. The number of ether oxygens (including phenoxy) is 2. The highest BCUT2D eigenvalue weighted by Crippen LogP contribution is 2.25. The van der Waals surface area contributed by atoms with Gasteiger partial charge in [0.15, 0.2) is 12.4 Å². The van der Waals surface area contributed by atoms with E-state index in [0.29, 0.717) is 0 Å². The quantitative estimate of drug-likeness (QED) is 0.555. The molecule has 0 radical (unpaired) electrons. The predicted octanol–water partition coefficient (Wildman–Crippen LogP) is 0.970. The molecular weight excluding hydrogens is 386 g/mol. The molecule has 1 saturated heterocycles. The van der Waals surface area contributed by atoms with E-state index < -0.39 is 40.6 Å². The number of hydrogen-bond acceptors (Lipinski definition) is 8. The average Bonchev–Trinajstić information content (AvgIpc) is 2.68. The maximum atomic E-state index is 12.6. The van der Waals surface area contributed by atoms with E-state index in [4.69, 9.17) is 19.4 Å². The molecule has 0 bridgehead atoms. The number of benzene rings is 2. The van der Waals surface area contributed by atoms with E-state index in [1.807, 2.05) is 6.92 Å². The van der Waals surface area contributed by atoms with Gasteiger partial charge >= 0.3 is 5.97 Å². The average molecular weight is 407 g/mol. The van der Waals surface area contributed by atoms with E-state index in [9.17, 15) is 18.3 Å². The number of aliphatic hydroxyl groups excluding tert-OH is 1. The third-order valence-electron chi connectivity index (χ3n) is 4.29. The summed E-state index contributed by atoms with van der Waals surface area (Å²) < 4.78 is 40.9. The van der Waals surface area contributed by atoms with Gasteiger partial charge in [0.1, 0.15) is 6.10 Å². The second-order valence-corrected chi connectivity index (χ2v) is 8.02. The van der Waals surface area contributed by atoms with Crippen molar-refractivity contribution in [3.63, 3.8) is 0 Å². The van der Waals surface area contributed by atoms with Crippen LogP contribution in [0.15, 0.2) is 59.5 Å². The summed E-state index contributed by atoms with van der Waals surface area (Å²) in [6, 6.07) is 13.2. The van der Waals surface area contributed by atoms with Crippen molar-refractivity contribution in [1.82, 2.24) is 0 Å². The van der Waals surface area contributed by atoms with Crippen LogP contribution in [0, 0.1) is 6.92 Å². The molecule has 1 aliphatic rings. The maximum absolute atomic E-state index is 12.6. The molecule has 2 aromatic rings. The molecule has 0 unspecified atom stereocenters. The predicted molar refractivity (Wildman–Crippen MR) is 98.8 cm³/mol. The standard InChI is InChI=1S/C19H21NO7S/c1-12-7-9-14(10-8-12)28(23,24)27-16-15(20)11-25-19(22)17(16)26-18(21)13-5-3-2-4-6-13/h2-10,15-17,19,22H,11,20H2,1H3/t15-,16+,17-,19+/m1/s1. The summed E-state index contributed by atoms with van der Waals surface area (Å²) in [7, 11) is -4.20. The van der Waals surface area contributed by atoms with E-state index >= 15 is 0 Å². The molecule has 0 amide bonds. The lowest BCUT2D eigenvalue weighted by Gasteiger charge is -2.37. The molecule has 0 aromatic heterocycles. The molecule has 9 heteroatoms. The van der Waals surface area contributed by atoms with Crippen LogP contribution in [0.1, 0.15) is 15.9 Å². The molecule has 3 rings (SSSR count). The Kier molecular flexibility index (Phi) is 6.11. The summed E-state index contributed by atoms with van der Waals surface area (Å²) in [4.78, 5) is 12.3. The Balaban J connectivity index is 1.83. The first-order valence-corrected chi connectivity index (χ1v) is 10.00. The van der Waals surface area contributed by atoms with Crippen molar-refractivity contribution >= 4 is 16.1 Å². The summed E-state index contributed by atoms with van der Waals surface area (Å²) in [5.74, 6) is -0.760. The Hall–Kier alpha value is -2.30. The first kappa shape index (κ1) is 20.4. The minimum atomic E-state index is -4.20. The van der Waals surface area contributed by atoms with Gasteiger partial charge in [-0.25, -0.2) is 4.79 Å². The van der Waals surface area contributed by atoms with Crippen LogP contribution in [0.4, 0.5) is 0 Å². The van der Waals surface area contributed by atoms with Crippen LogP contribution in [0.3, 0.4) is 0 Å². The highest BCUT2D eigenvalue weighted by atomic mass is 32.2. The summed E-state index contributed by atoms with van der Waals surface area (Å²) in [6.45, 7) is 1.66. The largest absolute Gasteiger partial charge is 0.450 e. The Morgan fingerprint density at radius 1 is 1.11 bits per heavy atom. The number of aryl methyl sites for hydroxylation is 1. The molecule has 4 atom stereocenters. The van der Waals surface area contributed by atoms with Crippen LogP contribution >= 0.6 is 0 Å².